The van der Waals surface area contributed by atoms with Crippen molar-refractivity contribution in [1.82, 2.24) is 5.32 Å². The van der Waals surface area contributed by atoms with Crippen LogP contribution in [0.5, 0.6) is 5.75 Å². The average Bonchev–Trinajstić information content (AvgIpc) is 2.49. The van der Waals surface area contributed by atoms with Gasteiger partial charge in [-0.15, -0.1) is 0 Å². The Balaban J connectivity index is 1.97. The molecular formula is C15H14Cl2N2OS. The third-order valence-corrected chi connectivity index (χ3v) is 3.62. The molecular weight excluding hydrogens is 327 g/mol. The maximum Gasteiger partial charge on any atom is 0.171 e. The fourth-order valence-corrected chi connectivity index (χ4v) is 2.30. The molecule has 0 saturated carbocycles. The fraction of sp³-hybridized carbons (Fsp3) is 0.133. The Bertz CT molecular complexity index is 649. The summed E-state index contributed by atoms with van der Waals surface area (Å²) in [5.74, 6) is 0.814. The summed E-state index contributed by atoms with van der Waals surface area (Å²) in [4.78, 5) is 0. The molecule has 2 aromatic carbocycles. The number of ether oxygens (including phenoxy) is 1. The van der Waals surface area contributed by atoms with Crippen molar-refractivity contribution in [1.29, 1.82) is 0 Å². The van der Waals surface area contributed by atoms with Crippen molar-refractivity contribution in [3.8, 4) is 5.75 Å². The minimum Gasteiger partial charge on any atom is -0.496 e. The third-order valence-electron chi connectivity index (χ3n) is 2.81. The molecule has 110 valence electrons. The predicted octanol–water partition coefficient (Wildman–Crippen LogP) is 4.49. The van der Waals surface area contributed by atoms with Crippen LogP contribution in [0.1, 0.15) is 5.56 Å². The second-order valence-electron chi connectivity index (χ2n) is 4.24. The van der Waals surface area contributed by atoms with Crippen molar-refractivity contribution in [3.63, 3.8) is 0 Å². The Labute approximate surface area is 139 Å². The van der Waals surface area contributed by atoms with Crippen molar-refractivity contribution in [2.45, 2.75) is 6.54 Å². The topological polar surface area (TPSA) is 33.3 Å². The van der Waals surface area contributed by atoms with Crippen molar-refractivity contribution >= 4 is 46.2 Å². The summed E-state index contributed by atoms with van der Waals surface area (Å²) in [5.41, 5.74) is 1.68. The second kappa shape index (κ2) is 7.50. The molecule has 0 aliphatic carbocycles. The van der Waals surface area contributed by atoms with Crippen LogP contribution >= 0.6 is 35.4 Å². The number of anilines is 1. The van der Waals surface area contributed by atoms with Gasteiger partial charge in [-0.3, -0.25) is 0 Å². The molecule has 0 atom stereocenters. The summed E-state index contributed by atoms with van der Waals surface area (Å²) in [6.07, 6.45) is 0. The van der Waals surface area contributed by atoms with Gasteiger partial charge in [-0.25, -0.2) is 0 Å². The molecule has 0 unspecified atom stereocenters. The minimum absolute atomic E-state index is 0.463. The number of methoxy groups -OCH3 is 1. The summed E-state index contributed by atoms with van der Waals surface area (Å²) < 4.78 is 5.29. The molecule has 0 aromatic heterocycles. The lowest BCUT2D eigenvalue weighted by molar-refractivity contribution is 0.409. The predicted molar refractivity (Wildman–Crippen MR) is 92.5 cm³/mol. The summed E-state index contributed by atoms with van der Waals surface area (Å²) >= 11 is 17.3. The number of halogens is 2. The van der Waals surface area contributed by atoms with Gasteiger partial charge in [0.1, 0.15) is 5.75 Å². The van der Waals surface area contributed by atoms with Gasteiger partial charge in [0, 0.05) is 17.1 Å². The van der Waals surface area contributed by atoms with Gasteiger partial charge >= 0.3 is 0 Å². The summed E-state index contributed by atoms with van der Waals surface area (Å²) in [6.45, 7) is 0.550. The third kappa shape index (κ3) is 4.49. The maximum absolute atomic E-state index is 6.08. The first-order chi connectivity index (χ1) is 10.1. The van der Waals surface area contributed by atoms with Crippen molar-refractivity contribution in [2.75, 3.05) is 12.4 Å². The Morgan fingerprint density at radius 3 is 2.71 bits per heavy atom. The van der Waals surface area contributed by atoms with E-state index in [0.717, 1.165) is 11.3 Å². The van der Waals surface area contributed by atoms with E-state index in [0.29, 0.717) is 27.4 Å². The van der Waals surface area contributed by atoms with Crippen LogP contribution in [0.3, 0.4) is 0 Å². The van der Waals surface area contributed by atoms with Gasteiger partial charge in [-0.2, -0.15) is 0 Å². The van der Waals surface area contributed by atoms with Crippen LogP contribution in [0.2, 0.25) is 10.0 Å². The normalized spacial score (nSPS) is 10.0. The maximum atomic E-state index is 6.08. The fourth-order valence-electron chi connectivity index (χ4n) is 1.78. The Morgan fingerprint density at radius 1 is 1.19 bits per heavy atom. The molecule has 0 fully saturated rings. The van der Waals surface area contributed by atoms with Crippen LogP contribution in [0.25, 0.3) is 0 Å². The summed E-state index contributed by atoms with van der Waals surface area (Å²) in [7, 11) is 1.64. The lowest BCUT2D eigenvalue weighted by atomic mass is 10.2. The molecule has 0 heterocycles. The molecule has 2 rings (SSSR count). The summed E-state index contributed by atoms with van der Waals surface area (Å²) in [6, 6.07) is 12.9. The highest BCUT2D eigenvalue weighted by atomic mass is 35.5. The van der Waals surface area contributed by atoms with E-state index in [2.05, 4.69) is 10.6 Å². The lowest BCUT2D eigenvalue weighted by Crippen LogP contribution is -2.28. The first-order valence-electron chi connectivity index (χ1n) is 6.22. The molecule has 0 aliphatic rings. The van der Waals surface area contributed by atoms with Gasteiger partial charge in [0.15, 0.2) is 5.11 Å². The smallest absolute Gasteiger partial charge is 0.171 e. The number of hydrogen-bond donors (Lipinski definition) is 2. The SMILES string of the molecule is COc1ccccc1CNC(=S)Nc1cc(Cl)ccc1Cl. The molecule has 0 saturated heterocycles. The molecule has 21 heavy (non-hydrogen) atoms. The molecule has 0 radical (unpaired) electrons. The standard InChI is InChI=1S/C15H14Cl2N2OS/c1-20-14-5-3-2-4-10(14)9-18-15(21)19-13-8-11(16)6-7-12(13)17/h2-8H,9H2,1H3,(H2,18,19,21). The van der Waals surface area contributed by atoms with E-state index in [1.165, 1.54) is 0 Å². The number of hydrogen-bond acceptors (Lipinski definition) is 2. The van der Waals surface area contributed by atoms with Crippen LogP contribution in [0, 0.1) is 0 Å². The van der Waals surface area contributed by atoms with Crippen LogP contribution in [0.4, 0.5) is 5.69 Å². The van der Waals surface area contributed by atoms with E-state index in [4.69, 9.17) is 40.2 Å². The van der Waals surface area contributed by atoms with Gasteiger partial charge in [0.25, 0.3) is 0 Å². The number of nitrogens with one attached hydrogen (secondary N) is 2. The molecule has 0 aliphatic heterocycles. The van der Waals surface area contributed by atoms with E-state index in [9.17, 15) is 0 Å². The average molecular weight is 341 g/mol. The number of benzene rings is 2. The lowest BCUT2D eigenvalue weighted by Gasteiger charge is -2.13. The quantitative estimate of drug-likeness (QED) is 0.803. The Morgan fingerprint density at radius 2 is 1.95 bits per heavy atom. The number of rotatable bonds is 4. The van der Waals surface area contributed by atoms with E-state index in [1.54, 1.807) is 25.3 Å². The number of para-hydroxylation sites is 1. The van der Waals surface area contributed by atoms with Crippen LogP contribution < -0.4 is 15.4 Å². The number of thiocarbonyl (C=S) groups is 1. The monoisotopic (exact) mass is 340 g/mol. The Kier molecular flexibility index (Phi) is 5.67. The van der Waals surface area contributed by atoms with Crippen molar-refractivity contribution in [3.05, 3.63) is 58.1 Å². The molecule has 6 heteroatoms. The zero-order valence-corrected chi connectivity index (χ0v) is 13.6. The Hall–Kier alpha value is -1.49. The molecule has 0 amide bonds. The second-order valence-corrected chi connectivity index (χ2v) is 5.50. The molecule has 2 N–H and O–H groups in total. The summed E-state index contributed by atoms with van der Waals surface area (Å²) in [5, 5.41) is 7.74. The zero-order chi connectivity index (χ0) is 15.2. The van der Waals surface area contributed by atoms with Crippen molar-refractivity contribution in [2.24, 2.45) is 0 Å². The highest BCUT2D eigenvalue weighted by molar-refractivity contribution is 7.80. The van der Waals surface area contributed by atoms with E-state index < -0.39 is 0 Å². The van der Waals surface area contributed by atoms with Gasteiger partial charge < -0.3 is 15.4 Å². The van der Waals surface area contributed by atoms with Gasteiger partial charge in [-0.05, 0) is 36.5 Å². The minimum atomic E-state index is 0.463. The van der Waals surface area contributed by atoms with Crippen LogP contribution in [-0.4, -0.2) is 12.2 Å². The van der Waals surface area contributed by atoms with Crippen LogP contribution in [-0.2, 0) is 6.54 Å². The largest absolute Gasteiger partial charge is 0.496 e. The molecule has 0 bridgehead atoms. The van der Waals surface area contributed by atoms with Gasteiger partial charge in [0.05, 0.1) is 17.8 Å². The zero-order valence-electron chi connectivity index (χ0n) is 11.3. The van der Waals surface area contributed by atoms with Gasteiger partial charge in [0.2, 0.25) is 0 Å². The molecule has 3 nitrogen and oxygen atoms in total. The highest BCUT2D eigenvalue weighted by Crippen LogP contribution is 2.25. The van der Waals surface area contributed by atoms with E-state index in [-0.39, 0.29) is 0 Å². The van der Waals surface area contributed by atoms with Crippen LogP contribution in [0.15, 0.2) is 42.5 Å². The highest BCUT2D eigenvalue weighted by Gasteiger charge is 2.05. The van der Waals surface area contributed by atoms with Crippen molar-refractivity contribution < 1.29 is 4.74 Å². The van der Waals surface area contributed by atoms with Gasteiger partial charge in [-0.1, -0.05) is 41.4 Å². The molecule has 2 aromatic rings. The first kappa shape index (κ1) is 15.9. The van der Waals surface area contributed by atoms with E-state index in [1.807, 2.05) is 24.3 Å². The first-order valence-corrected chi connectivity index (χ1v) is 7.38. The molecule has 0 spiro atoms. The van der Waals surface area contributed by atoms with E-state index >= 15 is 0 Å².